The van der Waals surface area contributed by atoms with E-state index in [-0.39, 0.29) is 24.3 Å². The highest BCUT2D eigenvalue weighted by atomic mass is 16.6. The first kappa shape index (κ1) is 18.5. The quantitative estimate of drug-likeness (QED) is 0.761. The van der Waals surface area contributed by atoms with Crippen LogP contribution in [-0.4, -0.2) is 31.7 Å². The van der Waals surface area contributed by atoms with Gasteiger partial charge in [-0.3, -0.25) is 4.79 Å². The predicted molar refractivity (Wildman–Crippen MR) is 98.4 cm³/mol. The minimum atomic E-state index is -0.718. The van der Waals surface area contributed by atoms with Gasteiger partial charge in [0, 0.05) is 0 Å². The van der Waals surface area contributed by atoms with Crippen LogP contribution in [0.1, 0.15) is 17.2 Å². The van der Waals surface area contributed by atoms with Crippen LogP contribution >= 0.6 is 0 Å². The fraction of sp³-hybridized carbons (Fsp3) is 0.238. The molecule has 1 aliphatic heterocycles. The van der Waals surface area contributed by atoms with E-state index in [1.807, 2.05) is 60.7 Å². The smallest absolute Gasteiger partial charge is 0.377 e. The molecule has 0 unspecified atom stereocenters. The molecule has 0 radical (unpaired) electrons. The van der Waals surface area contributed by atoms with Gasteiger partial charge in [-0.25, -0.2) is 4.79 Å². The van der Waals surface area contributed by atoms with E-state index in [0.29, 0.717) is 13.0 Å². The molecule has 1 amide bonds. The van der Waals surface area contributed by atoms with E-state index in [1.165, 1.54) is 6.26 Å². The molecule has 27 heavy (non-hydrogen) atoms. The van der Waals surface area contributed by atoms with Crippen LogP contribution in [-0.2, 0) is 30.2 Å². The van der Waals surface area contributed by atoms with E-state index in [4.69, 9.17) is 14.2 Å². The van der Waals surface area contributed by atoms with Gasteiger partial charge >= 0.3 is 5.97 Å². The third-order valence-corrected chi connectivity index (χ3v) is 4.00. The molecule has 0 saturated carbocycles. The molecule has 2 aromatic carbocycles. The number of amides is 1. The number of rotatable bonds is 7. The van der Waals surface area contributed by atoms with Crippen LogP contribution in [0.5, 0.6) is 0 Å². The lowest BCUT2D eigenvalue weighted by Gasteiger charge is -2.20. The Balaban J connectivity index is 1.60. The molecule has 0 aliphatic carbocycles. The highest BCUT2D eigenvalue weighted by Gasteiger charge is 2.20. The standard InChI is InChI=1S/C21H21NO5/c23-20(15-27-21(24)19-14-25-11-12-26-19)22-18(17-9-5-2-6-10-17)13-16-7-3-1-4-8-16/h1-10,14,18H,11-13,15H2,(H,22,23)/t18-/m1/s1. The van der Waals surface area contributed by atoms with Crippen molar-refractivity contribution in [2.45, 2.75) is 12.5 Å². The third kappa shape index (κ3) is 5.60. The largest absolute Gasteiger partial charge is 0.493 e. The van der Waals surface area contributed by atoms with Crippen LogP contribution in [0.4, 0.5) is 0 Å². The lowest BCUT2D eigenvalue weighted by atomic mass is 9.99. The first-order valence-electron chi connectivity index (χ1n) is 8.72. The average Bonchev–Trinajstić information content (AvgIpc) is 2.73. The van der Waals surface area contributed by atoms with Gasteiger partial charge in [0.25, 0.3) is 5.91 Å². The van der Waals surface area contributed by atoms with Crippen molar-refractivity contribution in [1.82, 2.24) is 5.32 Å². The number of carbonyl (C=O) groups excluding carboxylic acids is 2. The van der Waals surface area contributed by atoms with Gasteiger partial charge in [0.1, 0.15) is 19.5 Å². The molecule has 6 heteroatoms. The van der Waals surface area contributed by atoms with Crippen molar-refractivity contribution in [3.8, 4) is 0 Å². The highest BCUT2D eigenvalue weighted by molar-refractivity contribution is 5.88. The molecule has 1 atom stereocenters. The van der Waals surface area contributed by atoms with Gasteiger partial charge in [-0.05, 0) is 17.5 Å². The zero-order valence-electron chi connectivity index (χ0n) is 14.8. The molecule has 3 rings (SSSR count). The van der Waals surface area contributed by atoms with Gasteiger partial charge < -0.3 is 19.5 Å². The van der Waals surface area contributed by atoms with Crippen molar-refractivity contribution in [3.63, 3.8) is 0 Å². The number of carbonyl (C=O) groups is 2. The van der Waals surface area contributed by atoms with E-state index in [2.05, 4.69) is 5.32 Å². The molecule has 1 N–H and O–H groups in total. The van der Waals surface area contributed by atoms with Crippen molar-refractivity contribution in [1.29, 1.82) is 0 Å². The zero-order valence-corrected chi connectivity index (χ0v) is 14.8. The molecule has 0 fully saturated rings. The van der Waals surface area contributed by atoms with E-state index in [1.54, 1.807) is 0 Å². The van der Waals surface area contributed by atoms with Gasteiger partial charge in [-0.1, -0.05) is 60.7 Å². The summed E-state index contributed by atoms with van der Waals surface area (Å²) in [6.45, 7) is 0.271. The third-order valence-electron chi connectivity index (χ3n) is 4.00. The summed E-state index contributed by atoms with van der Waals surface area (Å²) in [5.74, 6) is -1.13. The molecule has 0 aromatic heterocycles. The van der Waals surface area contributed by atoms with Crippen LogP contribution in [0.15, 0.2) is 72.7 Å². The molecule has 6 nitrogen and oxygen atoms in total. The number of benzene rings is 2. The Morgan fingerprint density at radius 3 is 2.37 bits per heavy atom. The Morgan fingerprint density at radius 2 is 1.70 bits per heavy atom. The lowest BCUT2D eigenvalue weighted by Crippen LogP contribution is -2.34. The molecular formula is C21H21NO5. The van der Waals surface area contributed by atoms with Gasteiger partial charge in [-0.2, -0.15) is 0 Å². The SMILES string of the molecule is O=C(COC(=O)C1=COCCO1)N[C@H](Cc1ccccc1)c1ccccc1. The summed E-state index contributed by atoms with van der Waals surface area (Å²) in [5.41, 5.74) is 2.08. The summed E-state index contributed by atoms with van der Waals surface area (Å²) < 4.78 is 15.1. The first-order valence-corrected chi connectivity index (χ1v) is 8.72. The van der Waals surface area contributed by atoms with Crippen LogP contribution in [0.2, 0.25) is 0 Å². The maximum absolute atomic E-state index is 12.3. The molecular weight excluding hydrogens is 346 g/mol. The monoisotopic (exact) mass is 367 g/mol. The summed E-state index contributed by atoms with van der Waals surface area (Å²) in [5, 5.41) is 2.93. The van der Waals surface area contributed by atoms with Gasteiger partial charge in [-0.15, -0.1) is 0 Å². The Labute approximate surface area is 157 Å². The van der Waals surface area contributed by atoms with Gasteiger partial charge in [0.05, 0.1) is 6.04 Å². The second kappa shape index (κ2) is 9.43. The molecule has 0 saturated heterocycles. The minimum Gasteiger partial charge on any atom is -0.493 e. The maximum atomic E-state index is 12.3. The fourth-order valence-electron chi connectivity index (χ4n) is 2.70. The van der Waals surface area contributed by atoms with E-state index < -0.39 is 12.6 Å². The van der Waals surface area contributed by atoms with Crippen LogP contribution in [0.3, 0.4) is 0 Å². The lowest BCUT2D eigenvalue weighted by molar-refractivity contribution is -0.149. The summed E-state index contributed by atoms with van der Waals surface area (Å²) in [6.07, 6.45) is 1.83. The highest BCUT2D eigenvalue weighted by Crippen LogP contribution is 2.18. The van der Waals surface area contributed by atoms with Gasteiger partial charge in [0.15, 0.2) is 6.61 Å². The Hall–Kier alpha value is -3.28. The summed E-state index contributed by atoms with van der Waals surface area (Å²) >= 11 is 0. The summed E-state index contributed by atoms with van der Waals surface area (Å²) in [6, 6.07) is 19.3. The molecule has 2 aromatic rings. The Kier molecular flexibility index (Phi) is 6.46. The summed E-state index contributed by atoms with van der Waals surface area (Å²) in [7, 11) is 0. The number of nitrogens with one attached hydrogen (secondary N) is 1. The second-order valence-corrected chi connectivity index (χ2v) is 6.00. The zero-order chi connectivity index (χ0) is 18.9. The molecule has 0 bridgehead atoms. The average molecular weight is 367 g/mol. The molecule has 140 valence electrons. The van der Waals surface area contributed by atoms with Crippen LogP contribution in [0, 0.1) is 0 Å². The van der Waals surface area contributed by atoms with E-state index >= 15 is 0 Å². The van der Waals surface area contributed by atoms with Crippen molar-refractivity contribution >= 4 is 11.9 Å². The van der Waals surface area contributed by atoms with Crippen LogP contribution in [0.25, 0.3) is 0 Å². The minimum absolute atomic E-state index is 0.0297. The number of esters is 1. The first-order chi connectivity index (χ1) is 13.2. The molecule has 0 spiro atoms. The van der Waals surface area contributed by atoms with Crippen molar-refractivity contribution < 1.29 is 23.8 Å². The number of ether oxygens (including phenoxy) is 3. The van der Waals surface area contributed by atoms with E-state index in [0.717, 1.165) is 11.1 Å². The Bertz CT molecular complexity index is 789. The topological polar surface area (TPSA) is 73.9 Å². The molecule has 1 heterocycles. The fourth-order valence-corrected chi connectivity index (χ4v) is 2.70. The molecule has 1 aliphatic rings. The normalized spacial score (nSPS) is 14.1. The van der Waals surface area contributed by atoms with E-state index in [9.17, 15) is 9.59 Å². The second-order valence-electron chi connectivity index (χ2n) is 6.00. The van der Waals surface area contributed by atoms with Crippen molar-refractivity contribution in [2.75, 3.05) is 19.8 Å². The van der Waals surface area contributed by atoms with Crippen LogP contribution < -0.4 is 5.32 Å². The van der Waals surface area contributed by atoms with Crippen molar-refractivity contribution in [3.05, 3.63) is 83.8 Å². The maximum Gasteiger partial charge on any atom is 0.377 e. The number of hydrogen-bond donors (Lipinski definition) is 1. The Morgan fingerprint density at radius 1 is 1.00 bits per heavy atom. The number of hydrogen-bond acceptors (Lipinski definition) is 5. The van der Waals surface area contributed by atoms with Gasteiger partial charge in [0.2, 0.25) is 5.76 Å². The van der Waals surface area contributed by atoms with Crippen molar-refractivity contribution in [2.24, 2.45) is 0 Å². The predicted octanol–water partition coefficient (Wildman–Crippen LogP) is 2.52. The summed E-state index contributed by atoms with van der Waals surface area (Å²) in [4.78, 5) is 24.2.